The second-order valence-corrected chi connectivity index (χ2v) is 4.83. The van der Waals surface area contributed by atoms with E-state index in [2.05, 4.69) is 5.10 Å². The third kappa shape index (κ3) is 4.95. The van der Waals surface area contributed by atoms with Crippen molar-refractivity contribution in [2.24, 2.45) is 0 Å². The first-order chi connectivity index (χ1) is 9.58. The number of aromatic amines is 1. The van der Waals surface area contributed by atoms with Crippen LogP contribution in [-0.2, 0) is 6.54 Å². The third-order valence-electron chi connectivity index (χ3n) is 3.06. The fourth-order valence-electron chi connectivity index (χ4n) is 2.04. The molecule has 0 fully saturated rings. The Bertz CT molecular complexity index is 555. The monoisotopic (exact) mass is 312 g/mol. The predicted octanol–water partition coefficient (Wildman–Crippen LogP) is -1.63. The minimum atomic E-state index is -0.571. The van der Waals surface area contributed by atoms with Crippen LogP contribution in [0.2, 0.25) is 0 Å². The molecule has 1 atom stereocenters. The van der Waals surface area contributed by atoms with Gasteiger partial charge in [0.05, 0.1) is 12.8 Å². The van der Waals surface area contributed by atoms with Crippen molar-refractivity contribution in [2.45, 2.75) is 26.5 Å². The molecule has 1 aromatic heterocycles. The summed E-state index contributed by atoms with van der Waals surface area (Å²) in [6.45, 7) is 4.72. The smallest absolute Gasteiger partial charge is 0.205 e. The van der Waals surface area contributed by atoms with Gasteiger partial charge in [0.15, 0.2) is 0 Å². The van der Waals surface area contributed by atoms with Crippen LogP contribution in [-0.4, -0.2) is 30.0 Å². The normalized spacial score (nSPS) is 11.6. The molecule has 0 spiro atoms. The van der Waals surface area contributed by atoms with E-state index in [9.17, 15) is 5.11 Å². The lowest BCUT2D eigenvalue weighted by atomic mass is 10.3. The van der Waals surface area contributed by atoms with Gasteiger partial charge in [0.25, 0.3) is 0 Å². The van der Waals surface area contributed by atoms with E-state index in [1.807, 2.05) is 48.9 Å². The topological polar surface area (TPSA) is 58.4 Å². The van der Waals surface area contributed by atoms with Gasteiger partial charge in [0.2, 0.25) is 12.2 Å². The summed E-state index contributed by atoms with van der Waals surface area (Å²) in [5.41, 5.74) is 2.16. The van der Waals surface area contributed by atoms with Gasteiger partial charge in [-0.2, -0.15) is 5.10 Å². The molecule has 5 nitrogen and oxygen atoms in total. The zero-order valence-corrected chi connectivity index (χ0v) is 13.2. The number of aromatic nitrogens is 2. The molecule has 0 amide bonds. The highest BCUT2D eigenvalue weighted by atomic mass is 35.5. The number of methoxy groups -OCH3 is 1. The number of aliphatic hydroxyl groups is 1. The van der Waals surface area contributed by atoms with Crippen molar-refractivity contribution in [3.8, 4) is 11.5 Å². The summed E-state index contributed by atoms with van der Waals surface area (Å²) >= 11 is 0. The molecule has 1 unspecified atom stereocenters. The lowest BCUT2D eigenvalue weighted by molar-refractivity contribution is -0.761. The van der Waals surface area contributed by atoms with Gasteiger partial charge >= 0.3 is 0 Å². The third-order valence-corrected chi connectivity index (χ3v) is 3.06. The Kier molecular flexibility index (Phi) is 6.52. The average molecular weight is 313 g/mol. The number of hydrogen-bond acceptors (Lipinski definition) is 3. The van der Waals surface area contributed by atoms with E-state index in [1.165, 1.54) is 0 Å². The van der Waals surface area contributed by atoms with E-state index in [-0.39, 0.29) is 19.0 Å². The highest BCUT2D eigenvalue weighted by Gasteiger charge is 2.16. The van der Waals surface area contributed by atoms with E-state index in [1.54, 1.807) is 7.11 Å². The first kappa shape index (κ1) is 17.3. The Hall–Kier alpha value is -1.72. The van der Waals surface area contributed by atoms with Crippen LogP contribution in [0.5, 0.6) is 11.5 Å². The van der Waals surface area contributed by atoms with Crippen LogP contribution in [0.4, 0.5) is 0 Å². The van der Waals surface area contributed by atoms with Crippen LogP contribution in [0.3, 0.4) is 0 Å². The van der Waals surface area contributed by atoms with Crippen molar-refractivity contribution in [2.75, 3.05) is 13.7 Å². The Labute approximate surface area is 130 Å². The second kappa shape index (κ2) is 7.90. The number of H-pyrrole nitrogens is 1. The number of ether oxygens (including phenoxy) is 2. The summed E-state index contributed by atoms with van der Waals surface area (Å²) in [5.74, 6) is 1.50. The van der Waals surface area contributed by atoms with E-state index < -0.39 is 6.10 Å². The van der Waals surface area contributed by atoms with Crippen LogP contribution in [0, 0.1) is 13.8 Å². The summed E-state index contributed by atoms with van der Waals surface area (Å²) in [5, 5.41) is 13.2. The van der Waals surface area contributed by atoms with Gasteiger partial charge in [0.1, 0.15) is 24.2 Å². The molecule has 2 rings (SSSR count). The number of hydrogen-bond donors (Lipinski definition) is 2. The number of benzene rings is 1. The maximum atomic E-state index is 10.0. The molecule has 0 saturated heterocycles. The lowest BCUT2D eigenvalue weighted by Crippen LogP contribution is -3.00. The molecule has 116 valence electrons. The fraction of sp³-hybridized carbons (Fsp3) is 0.400. The van der Waals surface area contributed by atoms with E-state index >= 15 is 0 Å². The Balaban J connectivity index is 0.00000220. The van der Waals surface area contributed by atoms with Crippen molar-refractivity contribution in [1.29, 1.82) is 0 Å². The van der Waals surface area contributed by atoms with Gasteiger partial charge in [-0.05, 0) is 31.2 Å². The number of aliphatic hydroxyl groups excluding tert-OH is 1. The van der Waals surface area contributed by atoms with Gasteiger partial charge in [-0.3, -0.25) is 0 Å². The molecule has 0 radical (unpaired) electrons. The number of halogens is 1. The molecule has 0 saturated carbocycles. The molecule has 0 aliphatic rings. The highest BCUT2D eigenvalue weighted by molar-refractivity contribution is 5.31. The minimum absolute atomic E-state index is 0. The standard InChI is InChI=1S/C15H20N2O3.ClH/c1-11-8-12(2)17(16-11)9-13(18)10-20-15-6-4-14(19-3)5-7-15;/h4-8,13,18H,9-10H2,1-3H3;1H. The lowest BCUT2D eigenvalue weighted by Gasteiger charge is -2.10. The average Bonchev–Trinajstić information content (AvgIpc) is 2.75. The molecule has 1 aromatic carbocycles. The molecule has 1 heterocycles. The van der Waals surface area contributed by atoms with Crippen LogP contribution >= 0.6 is 0 Å². The predicted molar refractivity (Wildman–Crippen MR) is 75.0 cm³/mol. The van der Waals surface area contributed by atoms with Gasteiger partial charge in [-0.25, -0.2) is 0 Å². The minimum Gasteiger partial charge on any atom is -1.00 e. The number of nitrogens with one attached hydrogen (secondary N) is 1. The Morgan fingerprint density at radius 1 is 1.19 bits per heavy atom. The summed E-state index contributed by atoms with van der Waals surface area (Å²) in [4.78, 5) is 0. The van der Waals surface area contributed by atoms with Crippen molar-refractivity contribution in [3.05, 3.63) is 41.7 Å². The zero-order valence-electron chi connectivity index (χ0n) is 12.5. The summed E-state index contributed by atoms with van der Waals surface area (Å²) in [7, 11) is 1.62. The maximum absolute atomic E-state index is 10.0. The molecule has 21 heavy (non-hydrogen) atoms. The van der Waals surface area contributed by atoms with Crippen molar-refractivity contribution in [1.82, 2.24) is 5.10 Å². The van der Waals surface area contributed by atoms with Crippen molar-refractivity contribution in [3.63, 3.8) is 0 Å². The fourth-order valence-corrected chi connectivity index (χ4v) is 2.04. The summed E-state index contributed by atoms with van der Waals surface area (Å²) in [6.07, 6.45) is -0.571. The molecular formula is C15H21ClN2O3. The summed E-state index contributed by atoms with van der Waals surface area (Å²) in [6, 6.07) is 9.34. The van der Waals surface area contributed by atoms with Crippen LogP contribution in [0.15, 0.2) is 30.3 Å². The van der Waals surface area contributed by atoms with Gasteiger partial charge in [-0.1, -0.05) is 0 Å². The van der Waals surface area contributed by atoms with E-state index in [0.717, 1.165) is 17.1 Å². The molecule has 2 N–H and O–H groups in total. The quantitative estimate of drug-likeness (QED) is 0.630. The zero-order chi connectivity index (χ0) is 14.5. The maximum Gasteiger partial charge on any atom is 0.205 e. The summed E-state index contributed by atoms with van der Waals surface area (Å²) < 4.78 is 12.5. The van der Waals surface area contributed by atoms with Crippen LogP contribution < -0.4 is 26.6 Å². The molecule has 6 heteroatoms. The second-order valence-electron chi connectivity index (χ2n) is 4.83. The SMILES string of the molecule is COc1ccc(OCC(O)C[n+]2[nH]c(C)cc2C)cc1.[Cl-]. The van der Waals surface area contributed by atoms with Gasteiger partial charge in [0, 0.05) is 13.0 Å². The first-order valence-corrected chi connectivity index (χ1v) is 6.59. The number of nitrogens with zero attached hydrogens (tertiary/aromatic N) is 1. The van der Waals surface area contributed by atoms with Crippen LogP contribution in [0.1, 0.15) is 11.4 Å². The van der Waals surface area contributed by atoms with E-state index in [4.69, 9.17) is 9.47 Å². The van der Waals surface area contributed by atoms with Gasteiger partial charge in [-0.15, -0.1) is 4.68 Å². The molecule has 0 bridgehead atoms. The molecule has 0 aliphatic heterocycles. The number of aryl methyl sites for hydroxylation is 2. The molecule has 0 aliphatic carbocycles. The molecule has 2 aromatic rings. The van der Waals surface area contributed by atoms with Crippen molar-refractivity contribution >= 4 is 0 Å². The highest BCUT2D eigenvalue weighted by Crippen LogP contribution is 2.17. The van der Waals surface area contributed by atoms with Gasteiger partial charge < -0.3 is 27.0 Å². The Morgan fingerprint density at radius 2 is 1.81 bits per heavy atom. The Morgan fingerprint density at radius 3 is 2.33 bits per heavy atom. The van der Waals surface area contributed by atoms with Crippen LogP contribution in [0.25, 0.3) is 0 Å². The number of rotatable bonds is 6. The largest absolute Gasteiger partial charge is 1.00 e. The molecular weight excluding hydrogens is 292 g/mol. The first-order valence-electron chi connectivity index (χ1n) is 6.59. The van der Waals surface area contributed by atoms with Crippen molar-refractivity contribution < 1.29 is 31.7 Å². The van der Waals surface area contributed by atoms with E-state index in [0.29, 0.717) is 12.3 Å².